The molecule has 1 aromatic carbocycles. The van der Waals surface area contributed by atoms with Gasteiger partial charge >= 0.3 is 5.97 Å². The number of likely N-dealkylation sites (N-methyl/N-ethyl adjacent to an activating group) is 1. The lowest BCUT2D eigenvalue weighted by Crippen LogP contribution is -2.32. The normalized spacial score (nSPS) is 14.8. The molecule has 0 unspecified atom stereocenters. The van der Waals surface area contributed by atoms with Crippen molar-refractivity contribution < 1.29 is 24.2 Å². The molecule has 0 aromatic heterocycles. The molecular weight excluding hydrogens is 352 g/mol. The third-order valence-corrected chi connectivity index (χ3v) is 4.39. The number of amides is 2. The van der Waals surface area contributed by atoms with Crippen molar-refractivity contribution in [3.8, 4) is 5.75 Å². The highest BCUT2D eigenvalue weighted by molar-refractivity contribution is 6.06. The van der Waals surface area contributed by atoms with Gasteiger partial charge in [0, 0.05) is 25.6 Å². The van der Waals surface area contributed by atoms with Crippen molar-refractivity contribution in [2.75, 3.05) is 26.7 Å². The van der Waals surface area contributed by atoms with Crippen LogP contribution in [0.5, 0.6) is 5.75 Å². The summed E-state index contributed by atoms with van der Waals surface area (Å²) in [4.78, 5) is 41.5. The van der Waals surface area contributed by atoms with Crippen LogP contribution < -0.4 is 10.1 Å². The maximum atomic E-state index is 11.8. The second-order valence-corrected chi connectivity index (χ2v) is 6.55. The van der Waals surface area contributed by atoms with Crippen LogP contribution in [0.3, 0.4) is 0 Å². The van der Waals surface area contributed by atoms with Gasteiger partial charge < -0.3 is 19.6 Å². The van der Waals surface area contributed by atoms with Gasteiger partial charge in [-0.3, -0.25) is 19.7 Å². The van der Waals surface area contributed by atoms with Crippen LogP contribution in [0.15, 0.2) is 23.2 Å². The summed E-state index contributed by atoms with van der Waals surface area (Å²) < 4.78 is 5.83. The number of hydrogen-bond acceptors (Lipinski definition) is 6. The number of benzene rings is 1. The lowest BCUT2D eigenvalue weighted by atomic mass is 10.1. The van der Waals surface area contributed by atoms with Crippen LogP contribution in [0.1, 0.15) is 24.8 Å². The molecule has 2 N–H and O–H groups in total. The highest BCUT2D eigenvalue weighted by Crippen LogP contribution is 2.36. The number of fused-ring (bicyclic) bond motifs is 2. The summed E-state index contributed by atoms with van der Waals surface area (Å²) >= 11 is 0. The average molecular weight is 374 g/mol. The molecule has 0 aliphatic carbocycles. The van der Waals surface area contributed by atoms with Crippen LogP contribution in [0.4, 0.5) is 5.69 Å². The van der Waals surface area contributed by atoms with Crippen molar-refractivity contribution in [3.63, 3.8) is 0 Å². The first kappa shape index (κ1) is 18.7. The first-order valence-corrected chi connectivity index (χ1v) is 8.78. The Morgan fingerprint density at radius 1 is 1.33 bits per heavy atom. The molecule has 1 saturated heterocycles. The van der Waals surface area contributed by atoms with E-state index >= 15 is 0 Å². The van der Waals surface area contributed by atoms with Crippen molar-refractivity contribution in [2.24, 2.45) is 4.99 Å². The van der Waals surface area contributed by atoms with Gasteiger partial charge in [0.05, 0.1) is 6.61 Å². The molecule has 0 radical (unpaired) electrons. The first-order valence-electron chi connectivity index (χ1n) is 8.78. The second kappa shape index (κ2) is 8.07. The SMILES string of the molecule is CN(CC(=O)O)C(=O)CCCCOc1cccc2c1N=C1NC(=O)CN1C2. The van der Waals surface area contributed by atoms with Crippen molar-refractivity contribution >= 4 is 29.4 Å². The van der Waals surface area contributed by atoms with Crippen LogP contribution in [-0.4, -0.2) is 65.4 Å². The van der Waals surface area contributed by atoms with Crippen molar-refractivity contribution in [1.82, 2.24) is 15.1 Å². The zero-order valence-corrected chi connectivity index (χ0v) is 15.1. The quantitative estimate of drug-likeness (QED) is 0.648. The highest BCUT2D eigenvalue weighted by atomic mass is 16.5. The minimum Gasteiger partial charge on any atom is -0.491 e. The Bertz CT molecular complexity index is 792. The number of carbonyl (C=O) groups is 3. The fourth-order valence-corrected chi connectivity index (χ4v) is 3.01. The fraction of sp³-hybridized carbons (Fsp3) is 0.444. The van der Waals surface area contributed by atoms with Gasteiger partial charge in [0.15, 0.2) is 0 Å². The molecule has 0 spiro atoms. The molecule has 0 saturated carbocycles. The number of ether oxygens (including phenoxy) is 1. The number of carboxylic acids is 1. The lowest BCUT2D eigenvalue weighted by molar-refractivity contribution is -0.143. The Balaban J connectivity index is 1.49. The summed E-state index contributed by atoms with van der Waals surface area (Å²) in [7, 11) is 1.48. The Kier molecular flexibility index (Phi) is 5.58. The van der Waals surface area contributed by atoms with Crippen molar-refractivity contribution in [1.29, 1.82) is 0 Å². The molecule has 1 aromatic rings. The molecule has 0 bridgehead atoms. The van der Waals surface area contributed by atoms with E-state index in [4.69, 9.17) is 9.84 Å². The van der Waals surface area contributed by atoms with Crippen LogP contribution >= 0.6 is 0 Å². The van der Waals surface area contributed by atoms with Crippen LogP contribution in [0.25, 0.3) is 0 Å². The van der Waals surface area contributed by atoms with Crippen molar-refractivity contribution in [2.45, 2.75) is 25.8 Å². The van der Waals surface area contributed by atoms with Crippen LogP contribution in [0, 0.1) is 0 Å². The number of unbranched alkanes of at least 4 members (excludes halogenated alkanes) is 1. The summed E-state index contributed by atoms with van der Waals surface area (Å²) in [5, 5.41) is 11.4. The number of aliphatic carboxylic acids is 1. The van der Waals surface area contributed by atoms with E-state index in [-0.39, 0.29) is 24.8 Å². The topological polar surface area (TPSA) is 112 Å². The molecule has 3 rings (SSSR count). The number of aliphatic imine (C=N–C) groups is 1. The van der Waals surface area contributed by atoms with Gasteiger partial charge in [-0.2, -0.15) is 0 Å². The van der Waals surface area contributed by atoms with E-state index in [2.05, 4.69) is 10.3 Å². The third-order valence-electron chi connectivity index (χ3n) is 4.39. The predicted molar refractivity (Wildman–Crippen MR) is 96.7 cm³/mol. The van der Waals surface area contributed by atoms with E-state index in [1.807, 2.05) is 23.1 Å². The Morgan fingerprint density at radius 2 is 2.15 bits per heavy atom. The van der Waals surface area contributed by atoms with E-state index in [0.717, 1.165) is 11.3 Å². The number of nitrogens with one attached hydrogen (secondary N) is 1. The van der Waals surface area contributed by atoms with E-state index < -0.39 is 5.97 Å². The summed E-state index contributed by atoms with van der Waals surface area (Å²) in [6, 6.07) is 5.69. The van der Waals surface area contributed by atoms with E-state index in [9.17, 15) is 14.4 Å². The van der Waals surface area contributed by atoms with Gasteiger partial charge in [0.25, 0.3) is 0 Å². The molecule has 2 aliphatic heterocycles. The number of rotatable bonds is 8. The largest absolute Gasteiger partial charge is 0.491 e. The molecule has 2 heterocycles. The van der Waals surface area contributed by atoms with Gasteiger partial charge in [0.2, 0.25) is 17.8 Å². The zero-order valence-electron chi connectivity index (χ0n) is 15.1. The third kappa shape index (κ3) is 4.55. The van der Waals surface area contributed by atoms with Gasteiger partial charge in [-0.1, -0.05) is 12.1 Å². The first-order chi connectivity index (χ1) is 12.9. The molecule has 144 valence electrons. The van der Waals surface area contributed by atoms with E-state index in [0.29, 0.717) is 44.2 Å². The minimum absolute atomic E-state index is 0.0680. The second-order valence-electron chi connectivity index (χ2n) is 6.55. The molecule has 27 heavy (non-hydrogen) atoms. The molecule has 9 heteroatoms. The van der Waals surface area contributed by atoms with Crippen LogP contribution in [0.2, 0.25) is 0 Å². The summed E-state index contributed by atoms with van der Waals surface area (Å²) in [6.07, 6.45) is 1.55. The fourth-order valence-electron chi connectivity index (χ4n) is 3.01. The standard InChI is InChI=1S/C18H22N4O5/c1-21(11-16(25)26)15(24)7-2-3-8-27-13-6-4-5-12-9-22-10-14(23)19-18(22)20-17(12)13/h4-6H,2-3,7-11H2,1H3,(H,25,26)(H,19,20,23). The Labute approximate surface area is 156 Å². The predicted octanol–water partition coefficient (Wildman–Crippen LogP) is 0.712. The number of guanidine groups is 1. The van der Waals surface area contributed by atoms with Gasteiger partial charge in [-0.25, -0.2) is 4.99 Å². The Morgan fingerprint density at radius 3 is 2.93 bits per heavy atom. The van der Waals surface area contributed by atoms with Gasteiger partial charge in [-0.05, 0) is 18.9 Å². The number of carboxylic acid groups (broad SMARTS) is 1. The molecule has 2 aliphatic rings. The molecule has 2 amide bonds. The van der Waals surface area contributed by atoms with Crippen molar-refractivity contribution in [3.05, 3.63) is 23.8 Å². The molecule has 9 nitrogen and oxygen atoms in total. The molecular formula is C18H22N4O5. The maximum absolute atomic E-state index is 11.8. The van der Waals surface area contributed by atoms with Gasteiger partial charge in [-0.15, -0.1) is 0 Å². The number of carbonyl (C=O) groups excluding carboxylic acids is 2. The molecule has 1 fully saturated rings. The number of nitrogens with zero attached hydrogens (tertiary/aromatic N) is 3. The van der Waals surface area contributed by atoms with E-state index in [1.165, 1.54) is 11.9 Å². The lowest BCUT2D eigenvalue weighted by Gasteiger charge is -2.24. The number of para-hydroxylation sites is 1. The average Bonchev–Trinajstić information content (AvgIpc) is 2.97. The van der Waals surface area contributed by atoms with Gasteiger partial charge in [0.1, 0.15) is 24.5 Å². The summed E-state index contributed by atoms with van der Waals surface area (Å²) in [5.41, 5.74) is 1.72. The Hall–Kier alpha value is -3.10. The monoisotopic (exact) mass is 374 g/mol. The summed E-state index contributed by atoms with van der Waals surface area (Å²) in [5.74, 6) is -0.0908. The minimum atomic E-state index is -1.03. The smallest absolute Gasteiger partial charge is 0.323 e. The summed E-state index contributed by atoms with van der Waals surface area (Å²) in [6.45, 7) is 1.05. The highest BCUT2D eigenvalue weighted by Gasteiger charge is 2.30. The molecule has 0 atom stereocenters. The zero-order chi connectivity index (χ0) is 19.4. The number of hydrogen-bond donors (Lipinski definition) is 2. The van der Waals surface area contributed by atoms with Crippen LogP contribution in [-0.2, 0) is 20.9 Å². The van der Waals surface area contributed by atoms with E-state index in [1.54, 1.807) is 0 Å². The maximum Gasteiger partial charge on any atom is 0.323 e.